The van der Waals surface area contributed by atoms with Gasteiger partial charge in [-0.05, 0) is 18.2 Å². The molecule has 1 N–H and O–H groups in total. The van der Waals surface area contributed by atoms with Crippen LogP contribution < -0.4 is 5.32 Å². The molecule has 1 aromatic rings. The summed E-state index contributed by atoms with van der Waals surface area (Å²) in [6.45, 7) is 0.392. The summed E-state index contributed by atoms with van der Waals surface area (Å²) in [6.07, 6.45) is 0.196. The molecule has 0 spiro atoms. The molecule has 1 aliphatic rings. The predicted octanol–water partition coefficient (Wildman–Crippen LogP) is 1.90. The molecule has 2 rings (SSSR count). The SMILES string of the molecule is CN1CC(C(=O)Nc2ccc(F)cc2Cl)CC1=O. The summed E-state index contributed by atoms with van der Waals surface area (Å²) in [4.78, 5) is 24.7. The molecule has 1 heterocycles. The standard InChI is InChI=1S/C12H12ClFN2O2/c1-16-6-7(4-11(16)17)12(18)15-10-3-2-8(14)5-9(10)13/h2-3,5,7H,4,6H2,1H3,(H,15,18). The third-order valence-corrected chi connectivity index (χ3v) is 3.21. The Kier molecular flexibility index (Phi) is 3.52. The molecule has 1 aliphatic heterocycles. The van der Waals surface area contributed by atoms with Crippen LogP contribution in [0, 0.1) is 11.7 Å². The fraction of sp³-hybridized carbons (Fsp3) is 0.333. The number of anilines is 1. The number of nitrogens with zero attached hydrogens (tertiary/aromatic N) is 1. The zero-order valence-corrected chi connectivity index (χ0v) is 10.5. The van der Waals surface area contributed by atoms with Crippen LogP contribution in [0.4, 0.5) is 10.1 Å². The summed E-state index contributed by atoms with van der Waals surface area (Å²) in [5.41, 5.74) is 0.352. The molecule has 1 fully saturated rings. The lowest BCUT2D eigenvalue weighted by atomic mass is 10.1. The zero-order chi connectivity index (χ0) is 13.3. The van der Waals surface area contributed by atoms with E-state index in [0.717, 1.165) is 6.07 Å². The molecule has 2 amide bonds. The molecule has 96 valence electrons. The second-order valence-corrected chi connectivity index (χ2v) is 4.70. The number of carbonyl (C=O) groups is 2. The van der Waals surface area contributed by atoms with E-state index in [1.54, 1.807) is 7.05 Å². The maximum absolute atomic E-state index is 12.8. The molecule has 1 unspecified atom stereocenters. The normalized spacial score (nSPS) is 19.2. The topological polar surface area (TPSA) is 49.4 Å². The molecule has 0 aliphatic carbocycles. The van der Waals surface area contributed by atoms with Crippen LogP contribution in [0.2, 0.25) is 5.02 Å². The van der Waals surface area contributed by atoms with Gasteiger partial charge in [-0.15, -0.1) is 0 Å². The van der Waals surface area contributed by atoms with E-state index >= 15 is 0 Å². The maximum Gasteiger partial charge on any atom is 0.229 e. The largest absolute Gasteiger partial charge is 0.345 e. The summed E-state index contributed by atoms with van der Waals surface area (Å²) in [7, 11) is 1.65. The van der Waals surface area contributed by atoms with Crippen molar-refractivity contribution in [3.05, 3.63) is 29.0 Å². The third-order valence-electron chi connectivity index (χ3n) is 2.90. The summed E-state index contributed by atoms with van der Waals surface area (Å²) in [5.74, 6) is -1.18. The fourth-order valence-corrected chi connectivity index (χ4v) is 2.08. The van der Waals surface area contributed by atoms with Gasteiger partial charge in [0, 0.05) is 20.0 Å². The number of carbonyl (C=O) groups excluding carboxylic acids is 2. The van der Waals surface area contributed by atoms with Gasteiger partial charge in [0.25, 0.3) is 0 Å². The van der Waals surface area contributed by atoms with E-state index in [1.807, 2.05) is 0 Å². The number of halogens is 2. The van der Waals surface area contributed by atoms with Gasteiger partial charge in [-0.1, -0.05) is 11.6 Å². The average Bonchev–Trinajstić information content (AvgIpc) is 2.63. The van der Waals surface area contributed by atoms with Crippen molar-refractivity contribution < 1.29 is 14.0 Å². The number of amides is 2. The summed E-state index contributed by atoms with van der Waals surface area (Å²) < 4.78 is 12.8. The van der Waals surface area contributed by atoms with Crippen molar-refractivity contribution in [2.75, 3.05) is 18.9 Å². The van der Waals surface area contributed by atoms with Crippen LogP contribution in [-0.4, -0.2) is 30.3 Å². The highest BCUT2D eigenvalue weighted by molar-refractivity contribution is 6.33. The Morgan fingerprint density at radius 2 is 2.28 bits per heavy atom. The molecule has 1 aromatic carbocycles. The van der Waals surface area contributed by atoms with E-state index in [0.29, 0.717) is 12.2 Å². The Labute approximate surface area is 109 Å². The second kappa shape index (κ2) is 4.94. The predicted molar refractivity (Wildman–Crippen MR) is 65.8 cm³/mol. The monoisotopic (exact) mass is 270 g/mol. The lowest BCUT2D eigenvalue weighted by Gasteiger charge is -2.12. The fourth-order valence-electron chi connectivity index (χ4n) is 1.86. The van der Waals surface area contributed by atoms with Crippen LogP contribution in [0.3, 0.4) is 0 Å². The smallest absolute Gasteiger partial charge is 0.229 e. The highest BCUT2D eigenvalue weighted by Crippen LogP contribution is 2.24. The first kappa shape index (κ1) is 12.8. The summed E-state index contributed by atoms with van der Waals surface area (Å²) in [6, 6.07) is 3.74. The summed E-state index contributed by atoms with van der Waals surface area (Å²) in [5, 5.41) is 2.74. The van der Waals surface area contributed by atoms with Gasteiger partial charge < -0.3 is 10.2 Å². The van der Waals surface area contributed by atoms with Crippen molar-refractivity contribution in [2.24, 2.45) is 5.92 Å². The molecule has 1 saturated heterocycles. The molecule has 0 aromatic heterocycles. The molecule has 4 nitrogen and oxygen atoms in total. The number of hydrogen-bond donors (Lipinski definition) is 1. The van der Waals surface area contributed by atoms with E-state index in [1.165, 1.54) is 17.0 Å². The van der Waals surface area contributed by atoms with Crippen molar-refractivity contribution in [2.45, 2.75) is 6.42 Å². The Balaban J connectivity index is 2.06. The van der Waals surface area contributed by atoms with Crippen molar-refractivity contribution in [1.29, 1.82) is 0 Å². The van der Waals surface area contributed by atoms with E-state index in [4.69, 9.17) is 11.6 Å². The van der Waals surface area contributed by atoms with Crippen LogP contribution in [0.1, 0.15) is 6.42 Å². The van der Waals surface area contributed by atoms with Crippen molar-refractivity contribution in [3.63, 3.8) is 0 Å². The first-order chi connectivity index (χ1) is 8.47. The minimum atomic E-state index is -0.464. The van der Waals surface area contributed by atoms with E-state index < -0.39 is 5.82 Å². The highest BCUT2D eigenvalue weighted by Gasteiger charge is 2.32. The average molecular weight is 271 g/mol. The van der Waals surface area contributed by atoms with Crippen LogP contribution in [0.5, 0.6) is 0 Å². The lowest BCUT2D eigenvalue weighted by molar-refractivity contribution is -0.127. The quantitative estimate of drug-likeness (QED) is 0.892. The molecule has 18 heavy (non-hydrogen) atoms. The molecule has 0 radical (unpaired) electrons. The highest BCUT2D eigenvalue weighted by atomic mass is 35.5. The van der Waals surface area contributed by atoms with Gasteiger partial charge >= 0.3 is 0 Å². The number of nitrogens with one attached hydrogen (secondary N) is 1. The van der Waals surface area contributed by atoms with Gasteiger partial charge in [0.1, 0.15) is 5.82 Å². The van der Waals surface area contributed by atoms with Gasteiger partial charge in [-0.3, -0.25) is 9.59 Å². The van der Waals surface area contributed by atoms with Crippen LogP contribution in [0.25, 0.3) is 0 Å². The van der Waals surface area contributed by atoms with E-state index in [9.17, 15) is 14.0 Å². The van der Waals surface area contributed by atoms with Crippen LogP contribution in [0.15, 0.2) is 18.2 Å². The first-order valence-corrected chi connectivity index (χ1v) is 5.85. The molecule has 6 heteroatoms. The molecular formula is C12H12ClFN2O2. The molecule has 0 saturated carbocycles. The Bertz CT molecular complexity index is 507. The third kappa shape index (κ3) is 2.61. The number of hydrogen-bond acceptors (Lipinski definition) is 2. The lowest BCUT2D eigenvalue weighted by Crippen LogP contribution is -2.25. The first-order valence-electron chi connectivity index (χ1n) is 5.47. The van der Waals surface area contributed by atoms with Crippen LogP contribution in [-0.2, 0) is 9.59 Å². The Morgan fingerprint density at radius 3 is 2.83 bits per heavy atom. The van der Waals surface area contributed by atoms with Gasteiger partial charge in [-0.25, -0.2) is 4.39 Å². The molecule has 1 atom stereocenters. The minimum Gasteiger partial charge on any atom is -0.345 e. The number of rotatable bonds is 2. The van der Waals surface area contributed by atoms with Crippen molar-refractivity contribution in [3.8, 4) is 0 Å². The minimum absolute atomic E-state index is 0.0552. The Morgan fingerprint density at radius 1 is 1.56 bits per heavy atom. The van der Waals surface area contributed by atoms with Gasteiger partial charge in [0.15, 0.2) is 0 Å². The second-order valence-electron chi connectivity index (χ2n) is 4.29. The number of benzene rings is 1. The zero-order valence-electron chi connectivity index (χ0n) is 9.74. The van der Waals surface area contributed by atoms with Gasteiger partial charge in [-0.2, -0.15) is 0 Å². The number of likely N-dealkylation sites (tertiary alicyclic amines) is 1. The van der Waals surface area contributed by atoms with E-state index in [-0.39, 0.29) is 29.2 Å². The molecule has 0 bridgehead atoms. The van der Waals surface area contributed by atoms with Gasteiger partial charge in [0.2, 0.25) is 11.8 Å². The Hall–Kier alpha value is -1.62. The molecular weight excluding hydrogens is 259 g/mol. The van der Waals surface area contributed by atoms with Gasteiger partial charge in [0.05, 0.1) is 16.6 Å². The summed E-state index contributed by atoms with van der Waals surface area (Å²) >= 11 is 5.81. The van der Waals surface area contributed by atoms with Crippen molar-refractivity contribution >= 4 is 29.1 Å². The van der Waals surface area contributed by atoms with Crippen LogP contribution >= 0.6 is 11.6 Å². The van der Waals surface area contributed by atoms with Crippen molar-refractivity contribution in [1.82, 2.24) is 4.90 Å². The van der Waals surface area contributed by atoms with E-state index in [2.05, 4.69) is 5.32 Å². The maximum atomic E-state index is 12.8.